The molecule has 0 saturated heterocycles. The van der Waals surface area contributed by atoms with Crippen LogP contribution < -0.4 is 10.7 Å². The van der Waals surface area contributed by atoms with E-state index in [4.69, 9.17) is 0 Å². The van der Waals surface area contributed by atoms with Crippen molar-refractivity contribution < 1.29 is 9.59 Å². The van der Waals surface area contributed by atoms with Crippen LogP contribution in [0.3, 0.4) is 0 Å². The van der Waals surface area contributed by atoms with E-state index in [0.717, 1.165) is 24.1 Å². The van der Waals surface area contributed by atoms with Gasteiger partial charge in [0.15, 0.2) is 0 Å². The molecule has 0 fully saturated rings. The second-order valence-electron chi connectivity index (χ2n) is 8.80. The molecule has 0 heterocycles. The van der Waals surface area contributed by atoms with Gasteiger partial charge in [0.1, 0.15) is 0 Å². The Labute approximate surface area is 195 Å². The van der Waals surface area contributed by atoms with Crippen LogP contribution in [0, 0.1) is 0 Å². The molecule has 0 bridgehead atoms. The predicted octanol–water partition coefficient (Wildman–Crippen LogP) is 7.36. The Bertz CT molecular complexity index is 641. The summed E-state index contributed by atoms with van der Waals surface area (Å²) in [4.78, 5) is 22.9. The van der Waals surface area contributed by atoms with E-state index in [1.54, 1.807) is 18.3 Å². The number of amides is 2. The summed E-state index contributed by atoms with van der Waals surface area (Å²) in [5.74, 6) is -0.136. The SMILES string of the molecule is CCCCCCCCCCCCCCCCCC(=O)NN=Cc1ccc(NC(C)=O)cc1. The Kier molecular flexibility index (Phi) is 17.0. The van der Waals surface area contributed by atoms with E-state index in [1.807, 2.05) is 12.1 Å². The van der Waals surface area contributed by atoms with Crippen LogP contribution in [-0.2, 0) is 9.59 Å². The van der Waals surface area contributed by atoms with E-state index in [2.05, 4.69) is 22.8 Å². The zero-order valence-electron chi connectivity index (χ0n) is 20.5. The number of hydrazone groups is 1. The molecule has 0 atom stereocenters. The second kappa shape index (κ2) is 19.5. The number of nitrogens with zero attached hydrogens (tertiary/aromatic N) is 1. The molecule has 0 saturated carbocycles. The van der Waals surface area contributed by atoms with Gasteiger partial charge < -0.3 is 5.32 Å². The normalized spacial score (nSPS) is 11.1. The average Bonchev–Trinajstić information content (AvgIpc) is 2.77. The van der Waals surface area contributed by atoms with Crippen LogP contribution in [0.2, 0.25) is 0 Å². The van der Waals surface area contributed by atoms with E-state index in [9.17, 15) is 9.59 Å². The number of anilines is 1. The van der Waals surface area contributed by atoms with Crippen molar-refractivity contribution in [2.45, 2.75) is 117 Å². The zero-order valence-corrected chi connectivity index (χ0v) is 20.5. The van der Waals surface area contributed by atoms with Gasteiger partial charge in [0.05, 0.1) is 6.21 Å². The van der Waals surface area contributed by atoms with E-state index in [-0.39, 0.29) is 11.8 Å². The van der Waals surface area contributed by atoms with Crippen molar-refractivity contribution in [3.8, 4) is 0 Å². The minimum absolute atomic E-state index is 0.0363. The zero-order chi connectivity index (χ0) is 23.3. The Hall–Kier alpha value is -2.17. The molecule has 0 spiro atoms. The summed E-state index contributed by atoms with van der Waals surface area (Å²) in [5.41, 5.74) is 4.20. The van der Waals surface area contributed by atoms with Crippen molar-refractivity contribution in [1.29, 1.82) is 0 Å². The maximum absolute atomic E-state index is 11.9. The van der Waals surface area contributed by atoms with E-state index >= 15 is 0 Å². The van der Waals surface area contributed by atoms with Gasteiger partial charge in [-0.3, -0.25) is 9.59 Å². The summed E-state index contributed by atoms with van der Waals surface area (Å²) in [6.45, 7) is 3.75. The summed E-state index contributed by atoms with van der Waals surface area (Å²) in [5, 5.41) is 6.72. The number of rotatable bonds is 19. The first kappa shape index (κ1) is 27.9. The first-order valence-corrected chi connectivity index (χ1v) is 12.8. The third kappa shape index (κ3) is 16.5. The summed E-state index contributed by atoms with van der Waals surface area (Å²) in [6, 6.07) is 7.30. The van der Waals surface area contributed by atoms with Crippen LogP contribution in [0.5, 0.6) is 0 Å². The molecule has 0 radical (unpaired) electrons. The smallest absolute Gasteiger partial charge is 0.240 e. The second-order valence-corrected chi connectivity index (χ2v) is 8.80. The third-order valence-electron chi connectivity index (χ3n) is 5.64. The van der Waals surface area contributed by atoms with Gasteiger partial charge in [-0.1, -0.05) is 109 Å². The molecule has 1 aromatic carbocycles. The van der Waals surface area contributed by atoms with E-state index in [0.29, 0.717) is 6.42 Å². The fourth-order valence-corrected chi connectivity index (χ4v) is 3.75. The first-order chi connectivity index (χ1) is 15.6. The highest BCUT2D eigenvalue weighted by Gasteiger charge is 2.00. The standard InChI is InChI=1S/C27H45N3O2/c1-3-4-5-6-7-8-9-10-11-12-13-14-15-16-17-18-27(32)30-28-23-25-19-21-26(22-20-25)29-24(2)31/h19-23H,3-18H2,1-2H3,(H,29,31)(H,30,32). The number of benzene rings is 1. The molecule has 5 heteroatoms. The molecular formula is C27H45N3O2. The number of nitrogens with one attached hydrogen (secondary N) is 2. The molecule has 0 aliphatic carbocycles. The number of unbranched alkanes of at least 4 members (excludes halogenated alkanes) is 14. The molecule has 0 aliphatic rings. The van der Waals surface area contributed by atoms with Gasteiger partial charge in [0, 0.05) is 19.0 Å². The van der Waals surface area contributed by atoms with Gasteiger partial charge >= 0.3 is 0 Å². The van der Waals surface area contributed by atoms with E-state index < -0.39 is 0 Å². The average molecular weight is 444 g/mol. The molecule has 5 nitrogen and oxygen atoms in total. The lowest BCUT2D eigenvalue weighted by atomic mass is 10.0. The molecule has 2 amide bonds. The third-order valence-corrected chi connectivity index (χ3v) is 5.64. The topological polar surface area (TPSA) is 70.6 Å². The van der Waals surface area contributed by atoms with Gasteiger partial charge in [-0.25, -0.2) is 5.43 Å². The summed E-state index contributed by atoms with van der Waals surface area (Å²) >= 11 is 0. The number of carbonyl (C=O) groups excluding carboxylic acids is 2. The molecule has 0 aliphatic heterocycles. The number of hydrogen-bond donors (Lipinski definition) is 2. The highest BCUT2D eigenvalue weighted by molar-refractivity contribution is 5.89. The Morgan fingerprint density at radius 1 is 0.750 bits per heavy atom. The minimum atomic E-state index is -0.0996. The molecule has 1 aromatic rings. The van der Waals surface area contributed by atoms with Crippen molar-refractivity contribution >= 4 is 23.7 Å². The van der Waals surface area contributed by atoms with Crippen molar-refractivity contribution in [3.05, 3.63) is 29.8 Å². The Morgan fingerprint density at radius 2 is 1.22 bits per heavy atom. The maximum Gasteiger partial charge on any atom is 0.240 e. The van der Waals surface area contributed by atoms with Gasteiger partial charge in [0.2, 0.25) is 11.8 Å². The molecule has 1 rings (SSSR count). The molecular weight excluding hydrogens is 398 g/mol. The van der Waals surface area contributed by atoms with Gasteiger partial charge in [-0.2, -0.15) is 5.10 Å². The molecule has 180 valence electrons. The highest BCUT2D eigenvalue weighted by Crippen LogP contribution is 2.13. The van der Waals surface area contributed by atoms with Crippen LogP contribution in [0.1, 0.15) is 122 Å². The predicted molar refractivity (Wildman–Crippen MR) is 136 cm³/mol. The van der Waals surface area contributed by atoms with E-state index in [1.165, 1.54) is 90.4 Å². The maximum atomic E-state index is 11.9. The molecule has 2 N–H and O–H groups in total. The fourth-order valence-electron chi connectivity index (χ4n) is 3.75. The lowest BCUT2D eigenvalue weighted by molar-refractivity contribution is -0.121. The summed E-state index contributed by atoms with van der Waals surface area (Å²) in [7, 11) is 0. The number of hydrogen-bond acceptors (Lipinski definition) is 3. The van der Waals surface area contributed by atoms with Crippen LogP contribution in [0.4, 0.5) is 5.69 Å². The van der Waals surface area contributed by atoms with Crippen LogP contribution in [-0.4, -0.2) is 18.0 Å². The molecule has 0 aromatic heterocycles. The Balaban J connectivity index is 1.91. The van der Waals surface area contributed by atoms with Crippen LogP contribution in [0.15, 0.2) is 29.4 Å². The first-order valence-electron chi connectivity index (χ1n) is 12.8. The van der Waals surface area contributed by atoms with Crippen LogP contribution >= 0.6 is 0 Å². The van der Waals surface area contributed by atoms with Crippen LogP contribution in [0.25, 0.3) is 0 Å². The molecule has 32 heavy (non-hydrogen) atoms. The monoisotopic (exact) mass is 443 g/mol. The quantitative estimate of drug-likeness (QED) is 0.133. The van der Waals surface area contributed by atoms with Crippen molar-refractivity contribution in [3.63, 3.8) is 0 Å². The Morgan fingerprint density at radius 3 is 1.69 bits per heavy atom. The summed E-state index contributed by atoms with van der Waals surface area (Å²) < 4.78 is 0. The van der Waals surface area contributed by atoms with Crippen molar-refractivity contribution in [2.75, 3.05) is 5.32 Å². The van der Waals surface area contributed by atoms with Gasteiger partial charge in [-0.15, -0.1) is 0 Å². The largest absolute Gasteiger partial charge is 0.326 e. The van der Waals surface area contributed by atoms with Gasteiger partial charge in [0.25, 0.3) is 0 Å². The molecule has 0 unspecified atom stereocenters. The number of carbonyl (C=O) groups is 2. The lowest BCUT2D eigenvalue weighted by Gasteiger charge is -2.03. The van der Waals surface area contributed by atoms with Crippen molar-refractivity contribution in [1.82, 2.24) is 5.43 Å². The van der Waals surface area contributed by atoms with Gasteiger partial charge in [-0.05, 0) is 24.1 Å². The highest BCUT2D eigenvalue weighted by atomic mass is 16.2. The van der Waals surface area contributed by atoms with Crippen molar-refractivity contribution in [2.24, 2.45) is 5.10 Å². The minimum Gasteiger partial charge on any atom is -0.326 e. The summed E-state index contributed by atoms with van der Waals surface area (Å²) in [6.07, 6.45) is 22.0. The fraction of sp³-hybridized carbons (Fsp3) is 0.667. The lowest BCUT2D eigenvalue weighted by Crippen LogP contribution is -2.16.